The summed E-state index contributed by atoms with van der Waals surface area (Å²) in [4.78, 5) is 28.1. The van der Waals surface area contributed by atoms with E-state index >= 15 is 0 Å². The second-order valence-electron chi connectivity index (χ2n) is 5.88. The summed E-state index contributed by atoms with van der Waals surface area (Å²) in [5, 5.41) is 5.50. The minimum atomic E-state index is -0.342. The molecule has 1 aromatic carbocycles. The van der Waals surface area contributed by atoms with Gasteiger partial charge in [-0.2, -0.15) is 0 Å². The van der Waals surface area contributed by atoms with Crippen molar-refractivity contribution in [2.24, 2.45) is 5.92 Å². The van der Waals surface area contributed by atoms with Crippen LogP contribution < -0.4 is 10.6 Å². The second-order valence-corrected chi connectivity index (χ2v) is 5.88. The molecule has 0 unspecified atom stereocenters. The number of carbonyl (C=O) groups is 2. The Bertz CT molecular complexity index is 714. The van der Waals surface area contributed by atoms with Gasteiger partial charge in [0.05, 0.1) is 11.1 Å². The third-order valence-corrected chi connectivity index (χ3v) is 3.30. The van der Waals surface area contributed by atoms with E-state index in [-0.39, 0.29) is 24.2 Å². The smallest absolute Gasteiger partial charge is 0.253 e. The SMILES string of the molecule is CC(C)CNC(=O)c1cncc(C(=O)NCc2ccc(F)cc2)c1. The Morgan fingerprint density at radius 2 is 1.62 bits per heavy atom. The van der Waals surface area contributed by atoms with Gasteiger partial charge >= 0.3 is 0 Å². The summed E-state index contributed by atoms with van der Waals surface area (Å²) in [6, 6.07) is 7.38. The highest BCUT2D eigenvalue weighted by atomic mass is 19.1. The van der Waals surface area contributed by atoms with Gasteiger partial charge in [-0.3, -0.25) is 14.6 Å². The molecule has 0 aliphatic rings. The molecule has 1 heterocycles. The number of pyridine rings is 1. The molecule has 0 aliphatic carbocycles. The third kappa shape index (κ3) is 5.15. The van der Waals surface area contributed by atoms with Crippen LogP contribution in [0.25, 0.3) is 0 Å². The van der Waals surface area contributed by atoms with E-state index in [1.54, 1.807) is 12.1 Å². The molecule has 0 atom stereocenters. The zero-order chi connectivity index (χ0) is 17.5. The van der Waals surface area contributed by atoms with Crippen molar-refractivity contribution in [2.45, 2.75) is 20.4 Å². The number of hydrogen-bond acceptors (Lipinski definition) is 3. The van der Waals surface area contributed by atoms with Crippen LogP contribution in [0.15, 0.2) is 42.7 Å². The highest BCUT2D eigenvalue weighted by molar-refractivity contribution is 5.99. The minimum absolute atomic E-state index is 0.260. The van der Waals surface area contributed by atoms with E-state index in [1.807, 2.05) is 13.8 Å². The van der Waals surface area contributed by atoms with Gasteiger partial charge in [-0.1, -0.05) is 26.0 Å². The molecular formula is C18H20FN3O2. The molecule has 2 N–H and O–H groups in total. The molecule has 126 valence electrons. The first-order chi connectivity index (χ1) is 11.5. The van der Waals surface area contributed by atoms with Gasteiger partial charge in [0.25, 0.3) is 11.8 Å². The molecular weight excluding hydrogens is 309 g/mol. The van der Waals surface area contributed by atoms with Crippen LogP contribution in [0.4, 0.5) is 4.39 Å². The van der Waals surface area contributed by atoms with Crippen LogP contribution in [0.2, 0.25) is 0 Å². The van der Waals surface area contributed by atoms with Crippen LogP contribution in [-0.2, 0) is 6.54 Å². The van der Waals surface area contributed by atoms with Crippen LogP contribution in [0.3, 0.4) is 0 Å². The molecule has 5 nitrogen and oxygen atoms in total. The number of hydrogen-bond donors (Lipinski definition) is 2. The Labute approximate surface area is 140 Å². The van der Waals surface area contributed by atoms with Gasteiger partial charge in [0.2, 0.25) is 0 Å². The maximum atomic E-state index is 12.8. The molecule has 2 aromatic rings. The third-order valence-electron chi connectivity index (χ3n) is 3.30. The number of halogens is 1. The Morgan fingerprint density at radius 3 is 2.21 bits per heavy atom. The van der Waals surface area contributed by atoms with Gasteiger partial charge in [0, 0.05) is 25.5 Å². The summed E-state index contributed by atoms with van der Waals surface area (Å²) in [7, 11) is 0. The van der Waals surface area contributed by atoms with Gasteiger partial charge in [-0.05, 0) is 29.7 Å². The van der Waals surface area contributed by atoms with E-state index in [1.165, 1.54) is 30.6 Å². The largest absolute Gasteiger partial charge is 0.352 e. The zero-order valence-corrected chi connectivity index (χ0v) is 13.7. The van der Waals surface area contributed by atoms with E-state index in [9.17, 15) is 14.0 Å². The van der Waals surface area contributed by atoms with Crippen molar-refractivity contribution in [3.63, 3.8) is 0 Å². The van der Waals surface area contributed by atoms with Crippen LogP contribution in [0, 0.1) is 11.7 Å². The zero-order valence-electron chi connectivity index (χ0n) is 13.7. The summed E-state index contributed by atoms with van der Waals surface area (Å²) < 4.78 is 12.8. The van der Waals surface area contributed by atoms with Crippen LogP contribution in [-0.4, -0.2) is 23.3 Å². The molecule has 6 heteroatoms. The minimum Gasteiger partial charge on any atom is -0.352 e. The lowest BCUT2D eigenvalue weighted by Gasteiger charge is -2.09. The molecule has 0 aliphatic heterocycles. The van der Waals surface area contributed by atoms with Crippen LogP contribution in [0.1, 0.15) is 40.1 Å². The Balaban J connectivity index is 1.98. The molecule has 0 bridgehead atoms. The highest BCUT2D eigenvalue weighted by Crippen LogP contribution is 2.06. The molecule has 0 saturated carbocycles. The topological polar surface area (TPSA) is 71.1 Å². The van der Waals surface area contributed by atoms with Crippen molar-refractivity contribution in [3.8, 4) is 0 Å². The summed E-state index contributed by atoms with van der Waals surface area (Å²) in [5.74, 6) is -0.590. The van der Waals surface area contributed by atoms with Gasteiger partial charge in [-0.25, -0.2) is 4.39 Å². The van der Waals surface area contributed by atoms with Gasteiger partial charge in [0.15, 0.2) is 0 Å². The van der Waals surface area contributed by atoms with Crippen molar-refractivity contribution in [1.29, 1.82) is 0 Å². The number of nitrogens with one attached hydrogen (secondary N) is 2. The summed E-state index contributed by atoms with van der Waals surface area (Å²) >= 11 is 0. The van der Waals surface area contributed by atoms with Crippen molar-refractivity contribution in [3.05, 3.63) is 65.2 Å². The van der Waals surface area contributed by atoms with Gasteiger partial charge in [0.1, 0.15) is 5.82 Å². The average molecular weight is 329 g/mol. The number of nitrogens with zero attached hydrogens (tertiary/aromatic N) is 1. The number of aromatic nitrogens is 1. The van der Waals surface area contributed by atoms with E-state index in [2.05, 4.69) is 15.6 Å². The number of amides is 2. The summed E-state index contributed by atoms with van der Waals surface area (Å²) in [5.41, 5.74) is 1.42. The van der Waals surface area contributed by atoms with E-state index in [0.717, 1.165) is 5.56 Å². The summed E-state index contributed by atoms with van der Waals surface area (Å²) in [6.45, 7) is 4.82. The molecule has 0 radical (unpaired) electrons. The van der Waals surface area contributed by atoms with Crippen molar-refractivity contribution >= 4 is 11.8 Å². The summed E-state index contributed by atoms with van der Waals surface area (Å²) in [6.07, 6.45) is 2.83. The fourth-order valence-electron chi connectivity index (χ4n) is 1.97. The van der Waals surface area contributed by atoms with Crippen molar-refractivity contribution in [2.75, 3.05) is 6.54 Å². The number of carbonyl (C=O) groups excluding carboxylic acids is 2. The number of benzene rings is 1. The van der Waals surface area contributed by atoms with E-state index < -0.39 is 0 Å². The van der Waals surface area contributed by atoms with Crippen LogP contribution >= 0.6 is 0 Å². The monoisotopic (exact) mass is 329 g/mol. The van der Waals surface area contributed by atoms with E-state index in [4.69, 9.17) is 0 Å². The predicted molar refractivity (Wildman–Crippen MR) is 89.0 cm³/mol. The standard InChI is InChI=1S/C18H20FN3O2/c1-12(2)8-21-17(23)14-7-15(11-20-10-14)18(24)22-9-13-3-5-16(19)6-4-13/h3-7,10-12H,8-9H2,1-2H3,(H,21,23)(H,22,24). The first kappa shape index (κ1) is 17.6. The molecule has 2 amide bonds. The molecule has 0 spiro atoms. The Hall–Kier alpha value is -2.76. The van der Waals surface area contributed by atoms with Crippen molar-refractivity contribution in [1.82, 2.24) is 15.6 Å². The van der Waals surface area contributed by atoms with Crippen LogP contribution in [0.5, 0.6) is 0 Å². The lowest BCUT2D eigenvalue weighted by molar-refractivity contribution is 0.0948. The molecule has 2 rings (SSSR count). The van der Waals surface area contributed by atoms with Crippen molar-refractivity contribution < 1.29 is 14.0 Å². The average Bonchev–Trinajstić information content (AvgIpc) is 2.59. The highest BCUT2D eigenvalue weighted by Gasteiger charge is 2.11. The maximum Gasteiger partial charge on any atom is 0.253 e. The number of rotatable bonds is 6. The molecule has 24 heavy (non-hydrogen) atoms. The predicted octanol–water partition coefficient (Wildman–Crippen LogP) is 2.54. The molecule has 0 fully saturated rings. The quantitative estimate of drug-likeness (QED) is 0.855. The van der Waals surface area contributed by atoms with E-state index in [0.29, 0.717) is 23.6 Å². The second kappa shape index (κ2) is 8.19. The fourth-order valence-corrected chi connectivity index (χ4v) is 1.97. The normalized spacial score (nSPS) is 10.5. The lowest BCUT2D eigenvalue weighted by atomic mass is 10.1. The van der Waals surface area contributed by atoms with Gasteiger partial charge in [-0.15, -0.1) is 0 Å². The Kier molecular flexibility index (Phi) is 6.01. The molecule has 0 saturated heterocycles. The van der Waals surface area contributed by atoms with Gasteiger partial charge < -0.3 is 10.6 Å². The lowest BCUT2D eigenvalue weighted by Crippen LogP contribution is -2.28. The first-order valence-corrected chi connectivity index (χ1v) is 7.71. The molecule has 1 aromatic heterocycles. The first-order valence-electron chi connectivity index (χ1n) is 7.71. The Morgan fingerprint density at radius 1 is 1.04 bits per heavy atom. The maximum absolute atomic E-state index is 12.8. The fraction of sp³-hybridized carbons (Fsp3) is 0.278.